The second-order valence-electron chi connectivity index (χ2n) is 16.9. The standard InChI is InChI=1S/C62H43NO/c1-2-12-50-40-52(31-28-42(50)10-1)46-32-36-53(37-33-46)63(54-38-34-49(35-39-54)58-19-9-20-60-59-17-5-6-21-61(59)64-62(58)60)55-15-7-14-51(41-55)45-24-22-43(23-25-45)44-26-29-48(30-27-44)57-18-8-13-47-11-3-4-16-56(47)57/h1-40,51H,41H2. The molecule has 0 amide bonds. The number of hydrogen-bond acceptors (Lipinski definition) is 2. The van der Waals surface area contributed by atoms with Crippen LogP contribution in [-0.4, -0.2) is 0 Å². The van der Waals surface area contributed by atoms with Gasteiger partial charge < -0.3 is 9.32 Å². The molecule has 64 heavy (non-hydrogen) atoms. The van der Waals surface area contributed by atoms with Gasteiger partial charge in [-0.05, 0) is 115 Å². The molecule has 12 rings (SSSR count). The van der Waals surface area contributed by atoms with E-state index in [4.69, 9.17) is 4.42 Å². The molecule has 0 spiro atoms. The second kappa shape index (κ2) is 15.9. The van der Waals surface area contributed by atoms with Crippen molar-refractivity contribution < 1.29 is 4.42 Å². The van der Waals surface area contributed by atoms with Crippen molar-refractivity contribution in [1.29, 1.82) is 0 Å². The largest absolute Gasteiger partial charge is 0.455 e. The summed E-state index contributed by atoms with van der Waals surface area (Å²) in [5, 5.41) is 7.32. The lowest BCUT2D eigenvalue weighted by Gasteiger charge is -2.31. The number of rotatable bonds is 8. The van der Waals surface area contributed by atoms with E-state index in [1.165, 1.54) is 66.2 Å². The summed E-state index contributed by atoms with van der Waals surface area (Å²) in [5.74, 6) is 0.229. The molecule has 302 valence electrons. The molecular formula is C62H43NO. The van der Waals surface area contributed by atoms with E-state index in [9.17, 15) is 0 Å². The molecule has 1 aliphatic rings. The molecule has 0 saturated carbocycles. The predicted molar refractivity (Wildman–Crippen MR) is 270 cm³/mol. The lowest BCUT2D eigenvalue weighted by molar-refractivity contribution is 0.670. The van der Waals surface area contributed by atoms with Crippen LogP contribution in [0.25, 0.3) is 88.0 Å². The van der Waals surface area contributed by atoms with Gasteiger partial charge in [0.15, 0.2) is 0 Å². The summed E-state index contributed by atoms with van der Waals surface area (Å²) in [7, 11) is 0. The molecule has 0 N–H and O–H groups in total. The highest BCUT2D eigenvalue weighted by molar-refractivity contribution is 6.09. The van der Waals surface area contributed by atoms with E-state index >= 15 is 0 Å². The van der Waals surface area contributed by atoms with Crippen LogP contribution in [-0.2, 0) is 0 Å². The van der Waals surface area contributed by atoms with Crippen LogP contribution >= 0.6 is 0 Å². The molecule has 1 aliphatic carbocycles. The Morgan fingerprint density at radius 1 is 0.391 bits per heavy atom. The van der Waals surface area contributed by atoms with Gasteiger partial charge in [-0.1, -0.05) is 200 Å². The molecule has 2 heteroatoms. The van der Waals surface area contributed by atoms with Gasteiger partial charge >= 0.3 is 0 Å². The average Bonchev–Trinajstić information content (AvgIpc) is 3.76. The van der Waals surface area contributed by atoms with E-state index < -0.39 is 0 Å². The Labute approximate surface area is 373 Å². The van der Waals surface area contributed by atoms with Crippen LogP contribution < -0.4 is 4.90 Å². The molecule has 1 heterocycles. The van der Waals surface area contributed by atoms with Gasteiger partial charge in [0, 0.05) is 39.3 Å². The summed E-state index contributed by atoms with van der Waals surface area (Å²) in [5.41, 5.74) is 16.2. The highest BCUT2D eigenvalue weighted by Crippen LogP contribution is 2.41. The molecule has 1 aromatic heterocycles. The lowest BCUT2D eigenvalue weighted by Crippen LogP contribution is -2.19. The topological polar surface area (TPSA) is 16.4 Å². The van der Waals surface area contributed by atoms with Gasteiger partial charge in [-0.25, -0.2) is 0 Å². The minimum absolute atomic E-state index is 0.229. The van der Waals surface area contributed by atoms with Crippen molar-refractivity contribution in [2.45, 2.75) is 12.3 Å². The summed E-state index contributed by atoms with van der Waals surface area (Å²) in [6.45, 7) is 0. The van der Waals surface area contributed by atoms with Crippen LogP contribution in [0.5, 0.6) is 0 Å². The normalized spacial score (nSPS) is 13.8. The maximum atomic E-state index is 6.44. The number of para-hydroxylation sites is 2. The highest BCUT2D eigenvalue weighted by Gasteiger charge is 2.22. The second-order valence-corrected chi connectivity index (χ2v) is 16.9. The summed E-state index contributed by atoms with van der Waals surface area (Å²) >= 11 is 0. The number of furan rings is 1. The van der Waals surface area contributed by atoms with Gasteiger partial charge in [0.1, 0.15) is 11.2 Å². The maximum Gasteiger partial charge on any atom is 0.143 e. The molecule has 2 nitrogen and oxygen atoms in total. The van der Waals surface area contributed by atoms with E-state index in [1.54, 1.807) is 0 Å². The Morgan fingerprint density at radius 2 is 0.922 bits per heavy atom. The fourth-order valence-electron chi connectivity index (χ4n) is 9.72. The third-order valence-electron chi connectivity index (χ3n) is 13.1. The molecule has 0 aliphatic heterocycles. The first-order valence-corrected chi connectivity index (χ1v) is 22.2. The number of allylic oxidation sites excluding steroid dienone is 4. The van der Waals surface area contributed by atoms with E-state index in [1.807, 2.05) is 12.1 Å². The molecule has 0 radical (unpaired) electrons. The van der Waals surface area contributed by atoms with Gasteiger partial charge in [-0.3, -0.25) is 0 Å². The van der Waals surface area contributed by atoms with Crippen molar-refractivity contribution in [3.63, 3.8) is 0 Å². The SMILES string of the molecule is C1=CC(c2ccc(-c3ccc(-c4cccc5ccccc45)cc3)cc2)CC(N(c2ccc(-c3ccc4ccccc4c3)cc2)c2ccc(-c3cccc4c3oc3ccccc34)cc2)=C1. The lowest BCUT2D eigenvalue weighted by atomic mass is 9.88. The molecule has 11 aromatic rings. The fraction of sp³-hybridized carbons (Fsp3) is 0.0323. The Morgan fingerprint density at radius 3 is 1.70 bits per heavy atom. The zero-order valence-corrected chi connectivity index (χ0v) is 35.2. The summed E-state index contributed by atoms with van der Waals surface area (Å²) in [6.07, 6.45) is 7.72. The summed E-state index contributed by atoms with van der Waals surface area (Å²) < 4.78 is 6.44. The zero-order valence-electron chi connectivity index (χ0n) is 35.2. The van der Waals surface area contributed by atoms with Crippen molar-refractivity contribution in [3.05, 3.63) is 254 Å². The van der Waals surface area contributed by atoms with Gasteiger partial charge in [0.2, 0.25) is 0 Å². The molecule has 0 bridgehead atoms. The summed E-state index contributed by atoms with van der Waals surface area (Å²) in [6, 6.07) is 81.4. The van der Waals surface area contributed by atoms with Gasteiger partial charge in [-0.15, -0.1) is 0 Å². The molecule has 1 atom stereocenters. The van der Waals surface area contributed by atoms with Crippen LogP contribution in [0.4, 0.5) is 11.4 Å². The highest BCUT2D eigenvalue weighted by atomic mass is 16.3. The number of hydrogen-bond donors (Lipinski definition) is 0. The van der Waals surface area contributed by atoms with Crippen molar-refractivity contribution >= 4 is 54.9 Å². The number of benzene rings is 10. The van der Waals surface area contributed by atoms with Crippen LogP contribution in [0.1, 0.15) is 17.9 Å². The first-order chi connectivity index (χ1) is 31.7. The minimum atomic E-state index is 0.229. The van der Waals surface area contributed by atoms with Crippen LogP contribution in [0.3, 0.4) is 0 Å². The zero-order chi connectivity index (χ0) is 42.4. The Hall–Kier alpha value is -8.20. The first kappa shape index (κ1) is 37.6. The van der Waals surface area contributed by atoms with Crippen molar-refractivity contribution in [2.24, 2.45) is 0 Å². The first-order valence-electron chi connectivity index (χ1n) is 22.2. The van der Waals surface area contributed by atoms with E-state index in [-0.39, 0.29) is 5.92 Å². The molecule has 0 saturated heterocycles. The van der Waals surface area contributed by atoms with Crippen LogP contribution in [0.15, 0.2) is 253 Å². The molecule has 0 fully saturated rings. The Bertz CT molecular complexity index is 3550. The minimum Gasteiger partial charge on any atom is -0.455 e. The Kier molecular flexibility index (Phi) is 9.34. The molecular weight excluding hydrogens is 775 g/mol. The number of anilines is 2. The van der Waals surface area contributed by atoms with E-state index in [2.05, 4.69) is 235 Å². The van der Waals surface area contributed by atoms with Crippen LogP contribution in [0, 0.1) is 0 Å². The Balaban J connectivity index is 0.848. The van der Waals surface area contributed by atoms with Crippen molar-refractivity contribution in [2.75, 3.05) is 4.90 Å². The third-order valence-corrected chi connectivity index (χ3v) is 13.1. The van der Waals surface area contributed by atoms with E-state index in [0.29, 0.717) is 0 Å². The van der Waals surface area contributed by atoms with Gasteiger partial charge in [0.25, 0.3) is 0 Å². The predicted octanol–water partition coefficient (Wildman–Crippen LogP) is 17.3. The van der Waals surface area contributed by atoms with E-state index in [0.717, 1.165) is 50.9 Å². The number of nitrogens with zero attached hydrogens (tertiary/aromatic N) is 1. The van der Waals surface area contributed by atoms with Gasteiger partial charge in [0.05, 0.1) is 0 Å². The monoisotopic (exact) mass is 817 g/mol. The average molecular weight is 818 g/mol. The van der Waals surface area contributed by atoms with Crippen molar-refractivity contribution in [1.82, 2.24) is 0 Å². The van der Waals surface area contributed by atoms with Crippen LogP contribution in [0.2, 0.25) is 0 Å². The molecule has 10 aromatic carbocycles. The summed E-state index contributed by atoms with van der Waals surface area (Å²) in [4.78, 5) is 2.43. The number of fused-ring (bicyclic) bond motifs is 5. The molecule has 1 unspecified atom stereocenters. The van der Waals surface area contributed by atoms with Crippen molar-refractivity contribution in [3.8, 4) is 44.5 Å². The van der Waals surface area contributed by atoms with Gasteiger partial charge in [-0.2, -0.15) is 0 Å². The maximum absolute atomic E-state index is 6.44. The quantitative estimate of drug-likeness (QED) is 0.152. The fourth-order valence-corrected chi connectivity index (χ4v) is 9.72. The smallest absolute Gasteiger partial charge is 0.143 e. The third kappa shape index (κ3) is 6.87.